The molecule has 1 aliphatic heterocycles. The number of rotatable bonds is 3. The molecule has 1 aromatic heterocycles. The van der Waals surface area contributed by atoms with Crippen LogP contribution in [-0.2, 0) is 11.8 Å². The summed E-state index contributed by atoms with van der Waals surface area (Å²) in [7, 11) is 1.85. The van der Waals surface area contributed by atoms with Crippen LogP contribution in [0.2, 0.25) is 5.02 Å². The summed E-state index contributed by atoms with van der Waals surface area (Å²) in [5.41, 5.74) is 1.36. The fraction of sp³-hybridized carbons (Fsp3) is 0.412. The summed E-state index contributed by atoms with van der Waals surface area (Å²) < 4.78 is 3.41. The quantitative estimate of drug-likeness (QED) is 0.867. The van der Waals surface area contributed by atoms with E-state index in [0.717, 1.165) is 11.4 Å². The number of nitrogens with zero attached hydrogens (tertiary/aromatic N) is 3. The van der Waals surface area contributed by atoms with Crippen molar-refractivity contribution in [1.82, 2.24) is 14.3 Å². The molecule has 0 spiro atoms. The molecule has 1 aliphatic rings. The van der Waals surface area contributed by atoms with E-state index in [4.69, 9.17) is 11.6 Å². The van der Waals surface area contributed by atoms with E-state index in [1.165, 1.54) is 0 Å². The first-order valence-corrected chi connectivity index (χ1v) is 8.17. The van der Waals surface area contributed by atoms with Crippen molar-refractivity contribution in [2.45, 2.75) is 25.8 Å². The fourth-order valence-electron chi connectivity index (χ4n) is 3.24. The highest BCUT2D eigenvalue weighted by Crippen LogP contribution is 2.28. The van der Waals surface area contributed by atoms with E-state index in [-0.39, 0.29) is 16.6 Å². The zero-order valence-electron chi connectivity index (χ0n) is 13.3. The van der Waals surface area contributed by atoms with Gasteiger partial charge in [0.05, 0.1) is 17.4 Å². The molecule has 3 rings (SSSR count). The second-order valence-corrected chi connectivity index (χ2v) is 6.30. The molecule has 6 heteroatoms. The molecule has 1 saturated heterocycles. The van der Waals surface area contributed by atoms with Crippen LogP contribution in [0.4, 0.5) is 0 Å². The van der Waals surface area contributed by atoms with Gasteiger partial charge in [-0.25, -0.2) is 4.68 Å². The molecule has 2 aromatic rings. The Morgan fingerprint density at radius 1 is 1.09 bits per heavy atom. The molecule has 1 fully saturated rings. The van der Waals surface area contributed by atoms with Gasteiger partial charge in [0.2, 0.25) is 0 Å². The topological polar surface area (TPSA) is 47.2 Å². The molecule has 122 valence electrons. The van der Waals surface area contributed by atoms with Gasteiger partial charge in [-0.2, -0.15) is 0 Å². The number of hydrogen-bond acceptors (Lipinski definition) is 3. The third-order valence-electron chi connectivity index (χ3n) is 4.55. The van der Waals surface area contributed by atoms with Gasteiger partial charge in [-0.1, -0.05) is 29.8 Å². The van der Waals surface area contributed by atoms with Crippen molar-refractivity contribution < 1.29 is 4.79 Å². The first-order chi connectivity index (χ1) is 11.0. The van der Waals surface area contributed by atoms with Crippen LogP contribution in [0.3, 0.4) is 0 Å². The van der Waals surface area contributed by atoms with E-state index >= 15 is 0 Å². The molecule has 23 heavy (non-hydrogen) atoms. The normalized spacial score (nSPS) is 17.4. The Bertz CT molecular complexity index is 769. The third-order valence-corrected chi connectivity index (χ3v) is 4.91. The highest BCUT2D eigenvalue weighted by Gasteiger charge is 2.28. The summed E-state index contributed by atoms with van der Waals surface area (Å²) in [6, 6.07) is 9.44. The van der Waals surface area contributed by atoms with Gasteiger partial charge < -0.3 is 0 Å². The predicted molar refractivity (Wildman–Crippen MR) is 90.2 cm³/mol. The summed E-state index contributed by atoms with van der Waals surface area (Å²) in [5.74, 6) is 0.301. The van der Waals surface area contributed by atoms with Crippen LogP contribution >= 0.6 is 11.6 Å². The first-order valence-electron chi connectivity index (χ1n) is 7.79. The monoisotopic (exact) mass is 333 g/mol. The van der Waals surface area contributed by atoms with Crippen LogP contribution in [0.5, 0.6) is 0 Å². The minimum Gasteiger partial charge on any atom is -0.300 e. The second kappa shape index (κ2) is 6.34. The summed E-state index contributed by atoms with van der Waals surface area (Å²) in [6.45, 7) is 3.45. The van der Waals surface area contributed by atoms with Crippen molar-refractivity contribution in [3.8, 4) is 5.69 Å². The van der Waals surface area contributed by atoms with Crippen LogP contribution < -0.4 is 5.56 Å². The molecule has 0 N–H and O–H groups in total. The second-order valence-electron chi connectivity index (χ2n) is 5.93. The standard InChI is InChI=1S/C17H20ClN3O2/c1-12(20-10-8-14(22)9-11-20)16-15(18)17(23)21(19(16)2)13-6-4-3-5-7-13/h3-7,12H,8-11H2,1-2H3. The number of Topliss-reactive ketones (excluding diaryl/α,β-unsaturated/α-hetero) is 1. The molecule has 2 heterocycles. The Morgan fingerprint density at radius 3 is 2.30 bits per heavy atom. The average Bonchev–Trinajstić information content (AvgIpc) is 2.78. The van der Waals surface area contributed by atoms with Gasteiger partial charge in [0.15, 0.2) is 0 Å². The van der Waals surface area contributed by atoms with E-state index in [2.05, 4.69) is 4.90 Å². The highest BCUT2D eigenvalue weighted by atomic mass is 35.5. The van der Waals surface area contributed by atoms with E-state index in [0.29, 0.717) is 31.7 Å². The Labute approximate surface area is 140 Å². The number of hydrogen-bond donors (Lipinski definition) is 0. The molecule has 1 atom stereocenters. The Morgan fingerprint density at radius 2 is 1.70 bits per heavy atom. The van der Waals surface area contributed by atoms with Crippen molar-refractivity contribution in [3.63, 3.8) is 0 Å². The number of carbonyl (C=O) groups excluding carboxylic acids is 1. The van der Waals surface area contributed by atoms with Gasteiger partial charge in [0.25, 0.3) is 5.56 Å². The van der Waals surface area contributed by atoms with E-state index < -0.39 is 0 Å². The van der Waals surface area contributed by atoms with Gasteiger partial charge in [-0.3, -0.25) is 19.2 Å². The number of ketones is 1. The van der Waals surface area contributed by atoms with Gasteiger partial charge in [0, 0.05) is 33.0 Å². The molecule has 5 nitrogen and oxygen atoms in total. The molecule has 0 radical (unpaired) electrons. The number of aromatic nitrogens is 2. The number of benzene rings is 1. The molecular weight excluding hydrogens is 314 g/mol. The summed E-state index contributed by atoms with van der Waals surface area (Å²) in [5, 5.41) is 0.251. The van der Waals surface area contributed by atoms with E-state index in [9.17, 15) is 9.59 Å². The minimum absolute atomic E-state index is 0.0155. The van der Waals surface area contributed by atoms with Crippen LogP contribution in [0.1, 0.15) is 31.5 Å². The lowest BCUT2D eigenvalue weighted by atomic mass is 10.1. The Kier molecular flexibility index (Phi) is 4.41. The van der Waals surface area contributed by atoms with Gasteiger partial charge >= 0.3 is 0 Å². The van der Waals surface area contributed by atoms with E-state index in [1.54, 1.807) is 4.68 Å². The summed E-state index contributed by atoms with van der Waals surface area (Å²) in [4.78, 5) is 26.2. The average molecular weight is 334 g/mol. The number of likely N-dealkylation sites (tertiary alicyclic amines) is 1. The maximum Gasteiger partial charge on any atom is 0.290 e. The van der Waals surface area contributed by atoms with Crippen molar-refractivity contribution in [2.24, 2.45) is 7.05 Å². The number of para-hydroxylation sites is 1. The predicted octanol–water partition coefficient (Wildman–Crippen LogP) is 2.56. The Hall–Kier alpha value is -1.85. The van der Waals surface area contributed by atoms with E-state index in [1.807, 2.05) is 49.0 Å². The van der Waals surface area contributed by atoms with Crippen molar-refractivity contribution in [1.29, 1.82) is 0 Å². The maximum atomic E-state index is 12.6. The maximum absolute atomic E-state index is 12.6. The van der Waals surface area contributed by atoms with Crippen LogP contribution in [0, 0.1) is 0 Å². The molecule has 1 unspecified atom stereocenters. The van der Waals surface area contributed by atoms with Crippen LogP contribution in [-0.4, -0.2) is 33.1 Å². The molecule has 0 saturated carbocycles. The van der Waals surface area contributed by atoms with Crippen molar-refractivity contribution >= 4 is 17.4 Å². The SMILES string of the molecule is CC(c1c(Cl)c(=O)n(-c2ccccc2)n1C)N1CCC(=O)CC1. The lowest BCUT2D eigenvalue weighted by molar-refractivity contribution is -0.121. The Balaban J connectivity index is 2.01. The first kappa shape index (κ1) is 16.0. The van der Waals surface area contributed by atoms with Gasteiger partial charge in [0.1, 0.15) is 10.8 Å². The highest BCUT2D eigenvalue weighted by molar-refractivity contribution is 6.31. The summed E-state index contributed by atoms with van der Waals surface area (Å²) >= 11 is 6.36. The molecule has 0 amide bonds. The largest absolute Gasteiger partial charge is 0.300 e. The molecule has 0 aliphatic carbocycles. The molecule has 1 aromatic carbocycles. The zero-order chi connectivity index (χ0) is 16.6. The lowest BCUT2D eigenvalue weighted by Crippen LogP contribution is -2.36. The fourth-order valence-corrected chi connectivity index (χ4v) is 3.60. The minimum atomic E-state index is -0.213. The number of carbonyl (C=O) groups is 1. The molecular formula is C17H20ClN3O2. The number of halogens is 1. The zero-order valence-corrected chi connectivity index (χ0v) is 14.1. The lowest BCUT2D eigenvalue weighted by Gasteiger charge is -2.32. The van der Waals surface area contributed by atoms with Gasteiger partial charge in [-0.15, -0.1) is 0 Å². The molecule has 0 bridgehead atoms. The number of piperidine rings is 1. The third kappa shape index (κ3) is 2.86. The smallest absolute Gasteiger partial charge is 0.290 e. The van der Waals surface area contributed by atoms with Crippen LogP contribution in [0.15, 0.2) is 35.1 Å². The van der Waals surface area contributed by atoms with Crippen molar-refractivity contribution in [3.05, 3.63) is 51.4 Å². The van der Waals surface area contributed by atoms with Crippen LogP contribution in [0.25, 0.3) is 5.69 Å². The summed E-state index contributed by atoms with van der Waals surface area (Å²) in [6.07, 6.45) is 1.13. The van der Waals surface area contributed by atoms with Gasteiger partial charge in [-0.05, 0) is 19.1 Å². The van der Waals surface area contributed by atoms with Crippen molar-refractivity contribution in [2.75, 3.05) is 13.1 Å².